The highest BCUT2D eigenvalue weighted by molar-refractivity contribution is 5.58. The average molecular weight is 323 g/mol. The molecule has 24 heavy (non-hydrogen) atoms. The van der Waals surface area contributed by atoms with Crippen LogP contribution < -0.4 is 5.32 Å². The van der Waals surface area contributed by atoms with E-state index in [4.69, 9.17) is 9.62 Å². The molecule has 6 heteroatoms. The Hall–Kier alpha value is -2.47. The van der Waals surface area contributed by atoms with Gasteiger partial charge in [-0.25, -0.2) is 4.68 Å². The fourth-order valence-electron chi connectivity index (χ4n) is 3.20. The second kappa shape index (κ2) is 6.20. The van der Waals surface area contributed by atoms with Crippen LogP contribution in [0.2, 0.25) is 0 Å². The molecule has 4 rings (SSSR count). The van der Waals surface area contributed by atoms with E-state index in [9.17, 15) is 0 Å². The van der Waals surface area contributed by atoms with Gasteiger partial charge in [-0.15, -0.1) is 0 Å². The molecule has 0 radical (unpaired) electrons. The zero-order chi connectivity index (χ0) is 16.5. The van der Waals surface area contributed by atoms with E-state index >= 15 is 0 Å². The maximum absolute atomic E-state index is 5.51. The molecule has 0 saturated heterocycles. The lowest BCUT2D eigenvalue weighted by atomic mass is 10.2. The minimum absolute atomic E-state index is 0.308. The Morgan fingerprint density at radius 3 is 2.88 bits per heavy atom. The first kappa shape index (κ1) is 15.1. The number of hydrogen-bond donors (Lipinski definition) is 1. The van der Waals surface area contributed by atoms with E-state index in [1.807, 2.05) is 29.9 Å². The molecule has 2 aromatic heterocycles. The fraction of sp³-hybridized carbons (Fsp3) is 0.389. The van der Waals surface area contributed by atoms with Gasteiger partial charge in [-0.2, -0.15) is 10.1 Å². The largest absolute Gasteiger partial charge is 0.332 e. The van der Waals surface area contributed by atoms with Gasteiger partial charge >= 0.3 is 0 Å². The molecular formula is C18H21N5O. The normalized spacial score (nSPS) is 14.8. The van der Waals surface area contributed by atoms with Crippen LogP contribution in [0.4, 0.5) is 0 Å². The lowest BCUT2D eigenvalue weighted by molar-refractivity contribution is 0.416. The van der Waals surface area contributed by atoms with Crippen molar-refractivity contribution in [1.82, 2.24) is 25.2 Å². The van der Waals surface area contributed by atoms with Crippen LogP contribution >= 0.6 is 0 Å². The van der Waals surface area contributed by atoms with Crippen molar-refractivity contribution < 1.29 is 4.52 Å². The van der Waals surface area contributed by atoms with Gasteiger partial charge in [0, 0.05) is 23.7 Å². The Balaban J connectivity index is 1.72. The highest BCUT2D eigenvalue weighted by atomic mass is 16.5. The van der Waals surface area contributed by atoms with Crippen molar-refractivity contribution in [2.75, 3.05) is 7.05 Å². The van der Waals surface area contributed by atoms with E-state index in [-0.39, 0.29) is 0 Å². The monoisotopic (exact) mass is 323 g/mol. The van der Waals surface area contributed by atoms with E-state index in [0.29, 0.717) is 17.8 Å². The summed E-state index contributed by atoms with van der Waals surface area (Å²) in [6.07, 6.45) is 3.93. The minimum Gasteiger partial charge on any atom is -0.332 e. The van der Waals surface area contributed by atoms with E-state index in [1.165, 1.54) is 11.3 Å². The number of nitrogens with one attached hydrogen (secondary N) is 1. The fourth-order valence-corrected chi connectivity index (χ4v) is 3.20. The Bertz CT molecular complexity index is 836. The summed E-state index contributed by atoms with van der Waals surface area (Å²) in [5.74, 6) is 1.24. The lowest BCUT2D eigenvalue weighted by Crippen LogP contribution is -2.24. The third-order valence-electron chi connectivity index (χ3n) is 4.58. The van der Waals surface area contributed by atoms with Gasteiger partial charge in [-0.05, 0) is 45.4 Å². The number of aromatic nitrogens is 4. The molecule has 1 N–H and O–H groups in total. The molecule has 0 aliphatic heterocycles. The van der Waals surface area contributed by atoms with Gasteiger partial charge in [-0.3, -0.25) is 0 Å². The number of hydrogen-bond acceptors (Lipinski definition) is 5. The summed E-state index contributed by atoms with van der Waals surface area (Å²) in [6, 6.07) is 10.5. The van der Waals surface area contributed by atoms with Crippen LogP contribution in [0.25, 0.3) is 17.3 Å². The number of rotatable bonds is 5. The second-order valence-electron chi connectivity index (χ2n) is 6.28. The average Bonchev–Trinajstić information content (AvgIpc) is 3.31. The summed E-state index contributed by atoms with van der Waals surface area (Å²) in [6.45, 7) is 2.10. The molecule has 1 unspecified atom stereocenters. The van der Waals surface area contributed by atoms with Crippen molar-refractivity contribution in [3.63, 3.8) is 0 Å². The van der Waals surface area contributed by atoms with Gasteiger partial charge in [0.2, 0.25) is 0 Å². The van der Waals surface area contributed by atoms with E-state index in [1.54, 1.807) is 0 Å². The number of nitrogens with zero attached hydrogens (tertiary/aromatic N) is 4. The SMILES string of the molecule is CNC(C)Cc1noc(-c2nn(-c3ccccc3)c3c2CCC3)n1. The summed E-state index contributed by atoms with van der Waals surface area (Å²) in [5.41, 5.74) is 4.42. The minimum atomic E-state index is 0.308. The van der Waals surface area contributed by atoms with Gasteiger partial charge < -0.3 is 9.84 Å². The Morgan fingerprint density at radius 2 is 2.08 bits per heavy atom. The summed E-state index contributed by atoms with van der Waals surface area (Å²) in [5, 5.41) is 12.1. The predicted molar refractivity (Wildman–Crippen MR) is 91.1 cm³/mol. The maximum atomic E-state index is 5.51. The van der Waals surface area contributed by atoms with Crippen molar-refractivity contribution in [2.45, 2.75) is 38.6 Å². The molecule has 1 atom stereocenters. The summed E-state index contributed by atoms with van der Waals surface area (Å²) >= 11 is 0. The Labute approximate surface area is 140 Å². The predicted octanol–water partition coefficient (Wildman–Crippen LogP) is 2.56. The molecule has 0 bridgehead atoms. The van der Waals surface area contributed by atoms with Gasteiger partial charge in [0.15, 0.2) is 11.5 Å². The summed E-state index contributed by atoms with van der Waals surface area (Å²) < 4.78 is 7.53. The molecule has 0 amide bonds. The first-order chi connectivity index (χ1) is 11.8. The molecular weight excluding hydrogens is 302 g/mol. The zero-order valence-electron chi connectivity index (χ0n) is 14.0. The molecule has 3 aromatic rings. The lowest BCUT2D eigenvalue weighted by Gasteiger charge is -2.04. The summed E-state index contributed by atoms with van der Waals surface area (Å²) in [4.78, 5) is 4.56. The van der Waals surface area contributed by atoms with Crippen molar-refractivity contribution >= 4 is 0 Å². The van der Waals surface area contributed by atoms with Crippen LogP contribution in [0.1, 0.15) is 30.4 Å². The third kappa shape index (κ3) is 2.63. The highest BCUT2D eigenvalue weighted by Crippen LogP contribution is 2.32. The van der Waals surface area contributed by atoms with E-state index in [0.717, 1.165) is 37.1 Å². The van der Waals surface area contributed by atoms with Gasteiger partial charge in [0.25, 0.3) is 5.89 Å². The maximum Gasteiger partial charge on any atom is 0.278 e. The van der Waals surface area contributed by atoms with Crippen LogP contribution in [0.15, 0.2) is 34.9 Å². The van der Waals surface area contributed by atoms with Crippen LogP contribution in [0.3, 0.4) is 0 Å². The Morgan fingerprint density at radius 1 is 1.25 bits per heavy atom. The molecule has 1 aliphatic carbocycles. The molecule has 0 saturated carbocycles. The molecule has 6 nitrogen and oxygen atoms in total. The summed E-state index contributed by atoms with van der Waals surface area (Å²) in [7, 11) is 1.93. The number of benzene rings is 1. The molecule has 0 fully saturated rings. The number of fused-ring (bicyclic) bond motifs is 1. The van der Waals surface area contributed by atoms with Crippen LogP contribution in [0.5, 0.6) is 0 Å². The van der Waals surface area contributed by atoms with Gasteiger partial charge in [-0.1, -0.05) is 23.4 Å². The highest BCUT2D eigenvalue weighted by Gasteiger charge is 2.27. The zero-order valence-corrected chi connectivity index (χ0v) is 14.0. The number of para-hydroxylation sites is 1. The third-order valence-corrected chi connectivity index (χ3v) is 4.58. The molecule has 0 spiro atoms. The van der Waals surface area contributed by atoms with E-state index in [2.05, 4.69) is 34.5 Å². The molecule has 2 heterocycles. The topological polar surface area (TPSA) is 68.8 Å². The first-order valence-electron chi connectivity index (χ1n) is 8.42. The van der Waals surface area contributed by atoms with Crippen molar-refractivity contribution in [3.05, 3.63) is 47.4 Å². The van der Waals surface area contributed by atoms with Crippen molar-refractivity contribution in [2.24, 2.45) is 0 Å². The molecule has 124 valence electrons. The quantitative estimate of drug-likeness (QED) is 0.781. The van der Waals surface area contributed by atoms with Crippen LogP contribution in [0, 0.1) is 0 Å². The smallest absolute Gasteiger partial charge is 0.278 e. The first-order valence-corrected chi connectivity index (χ1v) is 8.42. The Kier molecular flexibility index (Phi) is 3.90. The molecule has 1 aromatic carbocycles. The van der Waals surface area contributed by atoms with Crippen molar-refractivity contribution in [3.8, 4) is 17.3 Å². The van der Waals surface area contributed by atoms with Crippen molar-refractivity contribution in [1.29, 1.82) is 0 Å². The van der Waals surface area contributed by atoms with Crippen LogP contribution in [-0.2, 0) is 19.3 Å². The number of likely N-dealkylation sites (N-methyl/N-ethyl adjacent to an activating group) is 1. The van der Waals surface area contributed by atoms with Gasteiger partial charge in [0.05, 0.1) is 5.69 Å². The van der Waals surface area contributed by atoms with E-state index < -0.39 is 0 Å². The molecule has 1 aliphatic rings. The van der Waals surface area contributed by atoms with Gasteiger partial charge in [0.1, 0.15) is 0 Å². The van der Waals surface area contributed by atoms with Crippen LogP contribution in [-0.4, -0.2) is 33.0 Å². The second-order valence-corrected chi connectivity index (χ2v) is 6.28. The standard InChI is InChI=1S/C18H21N5O/c1-12(19-2)11-16-20-18(24-22-16)17-14-9-6-10-15(14)23(21-17)13-7-4-3-5-8-13/h3-5,7-8,12,19H,6,9-11H2,1-2H3.